The van der Waals surface area contributed by atoms with Gasteiger partial charge in [-0.05, 0) is 52.8 Å². The van der Waals surface area contributed by atoms with E-state index in [9.17, 15) is 14.3 Å². The van der Waals surface area contributed by atoms with Crippen LogP contribution in [0.3, 0.4) is 0 Å². The van der Waals surface area contributed by atoms with Crippen molar-refractivity contribution in [1.82, 2.24) is 4.90 Å². The monoisotopic (exact) mass is 346 g/mol. The quantitative estimate of drug-likeness (QED) is 0.785. The molecule has 0 bridgehead atoms. The Kier molecular flexibility index (Phi) is 7.51. The van der Waals surface area contributed by atoms with Gasteiger partial charge in [-0.1, -0.05) is 0 Å². The summed E-state index contributed by atoms with van der Waals surface area (Å²) >= 11 is 0. The zero-order chi connectivity index (χ0) is 17.1. The summed E-state index contributed by atoms with van der Waals surface area (Å²) in [6.07, 6.45) is -1.45. The number of benzene rings is 1. The molecule has 130 valence electrons. The van der Waals surface area contributed by atoms with E-state index in [0.29, 0.717) is 11.3 Å². The maximum absolute atomic E-state index is 13.3. The van der Waals surface area contributed by atoms with Crippen LogP contribution in [0.25, 0.3) is 0 Å². The summed E-state index contributed by atoms with van der Waals surface area (Å²) in [5.41, 5.74) is 0.00380. The predicted octanol–water partition coefficient (Wildman–Crippen LogP) is 4.18. The van der Waals surface area contributed by atoms with E-state index >= 15 is 0 Å². The highest BCUT2D eigenvalue weighted by molar-refractivity contribution is 5.98. The molecule has 0 aromatic heterocycles. The Hall–Kier alpha value is -1.82. The van der Waals surface area contributed by atoms with Gasteiger partial charge in [-0.2, -0.15) is 0 Å². The number of nitrogens with zero attached hydrogens (tertiary/aromatic N) is 1. The molecule has 0 unspecified atom stereocenters. The van der Waals surface area contributed by atoms with E-state index in [1.54, 1.807) is 34.6 Å². The summed E-state index contributed by atoms with van der Waals surface area (Å²) in [5.74, 6) is -0.0656. The van der Waals surface area contributed by atoms with Crippen molar-refractivity contribution in [3.63, 3.8) is 0 Å². The lowest BCUT2D eigenvalue weighted by atomic mass is 10.1. The summed E-state index contributed by atoms with van der Waals surface area (Å²) in [5, 5.41) is 17.0. The number of ether oxygens (including phenoxy) is 1. The third-order valence-corrected chi connectivity index (χ3v) is 3.15. The molecule has 0 radical (unpaired) electrons. The number of amides is 1. The van der Waals surface area contributed by atoms with E-state index < -0.39 is 23.6 Å². The molecule has 0 saturated heterocycles. The molecule has 0 aliphatic heterocycles. The van der Waals surface area contributed by atoms with Crippen LogP contribution in [0.4, 0.5) is 9.18 Å². The molecular formula is C16H24ClFN2O3. The van der Waals surface area contributed by atoms with Gasteiger partial charge < -0.3 is 15.3 Å². The highest BCUT2D eigenvalue weighted by Gasteiger charge is 2.28. The molecule has 0 heterocycles. The fourth-order valence-electron chi connectivity index (χ4n) is 2.05. The summed E-state index contributed by atoms with van der Waals surface area (Å²) in [6, 6.07) is 3.96. The van der Waals surface area contributed by atoms with Gasteiger partial charge in [-0.25, -0.2) is 9.18 Å². The van der Waals surface area contributed by atoms with Crippen molar-refractivity contribution in [3.05, 3.63) is 29.6 Å². The minimum absolute atomic E-state index is 0. The highest BCUT2D eigenvalue weighted by atomic mass is 35.5. The Bertz CT molecular complexity index is 573. The van der Waals surface area contributed by atoms with Gasteiger partial charge in [0.1, 0.15) is 17.7 Å². The molecule has 1 atom stereocenters. The molecular weight excluding hydrogens is 323 g/mol. The van der Waals surface area contributed by atoms with Crippen LogP contribution in [0.1, 0.15) is 40.2 Å². The molecule has 2 N–H and O–H groups in total. The number of rotatable bonds is 5. The SMILES string of the molecule is CC(=N)c1cc(F)ccc1O[C@@H](C)CN(C(=O)O)C(C)(C)C.Cl. The standard InChI is InChI=1S/C16H23FN2O3.ClH/c1-10(9-19(15(20)21)16(3,4)5)22-14-7-6-12(17)8-13(14)11(2)18;/h6-8,10,18H,9H2,1-5H3,(H,20,21);1H/t10-;/m0./s1. The van der Waals surface area contributed by atoms with Crippen LogP contribution in [0.2, 0.25) is 0 Å². The molecule has 23 heavy (non-hydrogen) atoms. The number of halogens is 2. The normalized spacial score (nSPS) is 12.1. The first-order valence-electron chi connectivity index (χ1n) is 7.04. The van der Waals surface area contributed by atoms with Crippen molar-refractivity contribution < 1.29 is 19.0 Å². The van der Waals surface area contributed by atoms with Crippen LogP contribution in [-0.2, 0) is 0 Å². The van der Waals surface area contributed by atoms with Gasteiger partial charge in [0.25, 0.3) is 0 Å². The van der Waals surface area contributed by atoms with Crippen LogP contribution in [0.15, 0.2) is 18.2 Å². The van der Waals surface area contributed by atoms with Crippen molar-refractivity contribution in [2.24, 2.45) is 0 Å². The number of carbonyl (C=O) groups is 1. The fraction of sp³-hybridized carbons (Fsp3) is 0.500. The molecule has 0 aliphatic carbocycles. The molecule has 7 heteroatoms. The zero-order valence-electron chi connectivity index (χ0n) is 14.0. The van der Waals surface area contributed by atoms with E-state index in [1.165, 1.54) is 23.1 Å². The van der Waals surface area contributed by atoms with Gasteiger partial charge in [0.2, 0.25) is 0 Å². The minimum Gasteiger partial charge on any atom is -0.488 e. The average molecular weight is 347 g/mol. The number of hydrogen-bond donors (Lipinski definition) is 2. The van der Waals surface area contributed by atoms with Crippen molar-refractivity contribution in [2.45, 2.75) is 46.3 Å². The first-order valence-corrected chi connectivity index (χ1v) is 7.04. The van der Waals surface area contributed by atoms with Gasteiger partial charge in [-0.15, -0.1) is 12.4 Å². The van der Waals surface area contributed by atoms with Crippen LogP contribution < -0.4 is 4.74 Å². The second-order valence-electron chi connectivity index (χ2n) is 6.26. The van der Waals surface area contributed by atoms with Crippen molar-refractivity contribution in [2.75, 3.05) is 6.54 Å². The minimum atomic E-state index is -1.02. The molecule has 1 rings (SSSR count). The summed E-state index contributed by atoms with van der Waals surface area (Å²) in [7, 11) is 0. The molecule has 0 spiro atoms. The van der Waals surface area contributed by atoms with E-state index in [2.05, 4.69) is 0 Å². The zero-order valence-corrected chi connectivity index (χ0v) is 14.8. The van der Waals surface area contributed by atoms with Crippen LogP contribution >= 0.6 is 12.4 Å². The van der Waals surface area contributed by atoms with Crippen molar-refractivity contribution in [3.8, 4) is 5.75 Å². The molecule has 1 amide bonds. The van der Waals surface area contributed by atoms with Crippen molar-refractivity contribution in [1.29, 1.82) is 5.41 Å². The van der Waals surface area contributed by atoms with E-state index in [4.69, 9.17) is 10.1 Å². The van der Waals surface area contributed by atoms with Crippen LogP contribution in [0, 0.1) is 11.2 Å². The maximum Gasteiger partial charge on any atom is 0.407 e. The molecule has 0 aliphatic rings. The van der Waals surface area contributed by atoms with Gasteiger partial charge in [0.05, 0.1) is 6.54 Å². The molecule has 5 nitrogen and oxygen atoms in total. The van der Waals surface area contributed by atoms with Crippen LogP contribution in [-0.4, -0.2) is 40.0 Å². The Morgan fingerprint density at radius 1 is 1.43 bits per heavy atom. The van der Waals surface area contributed by atoms with Crippen LogP contribution in [0.5, 0.6) is 5.75 Å². The second-order valence-corrected chi connectivity index (χ2v) is 6.26. The van der Waals surface area contributed by atoms with E-state index in [-0.39, 0.29) is 24.7 Å². The first-order chi connectivity index (χ1) is 10.0. The lowest BCUT2D eigenvalue weighted by Crippen LogP contribution is -2.49. The summed E-state index contributed by atoms with van der Waals surface area (Å²) in [4.78, 5) is 12.6. The third-order valence-electron chi connectivity index (χ3n) is 3.15. The first kappa shape index (κ1) is 21.2. The summed E-state index contributed by atoms with van der Waals surface area (Å²) in [6.45, 7) is 8.88. The Balaban J connectivity index is 0.00000484. The van der Waals surface area contributed by atoms with Gasteiger partial charge in [0.15, 0.2) is 0 Å². The second kappa shape index (κ2) is 8.15. The molecule has 1 aromatic rings. The number of hydrogen-bond acceptors (Lipinski definition) is 3. The smallest absolute Gasteiger partial charge is 0.407 e. The summed E-state index contributed by atoms with van der Waals surface area (Å²) < 4.78 is 19.0. The topological polar surface area (TPSA) is 73.6 Å². The van der Waals surface area contributed by atoms with Gasteiger partial charge in [0, 0.05) is 16.8 Å². The van der Waals surface area contributed by atoms with E-state index in [0.717, 1.165) is 0 Å². The molecule has 0 saturated carbocycles. The Morgan fingerprint density at radius 3 is 2.43 bits per heavy atom. The molecule has 0 fully saturated rings. The lowest BCUT2D eigenvalue weighted by Gasteiger charge is -2.35. The Morgan fingerprint density at radius 2 is 2.00 bits per heavy atom. The van der Waals surface area contributed by atoms with Gasteiger partial charge >= 0.3 is 6.09 Å². The molecule has 1 aromatic carbocycles. The van der Waals surface area contributed by atoms with Crippen molar-refractivity contribution >= 4 is 24.2 Å². The average Bonchev–Trinajstić information content (AvgIpc) is 2.36. The largest absolute Gasteiger partial charge is 0.488 e. The maximum atomic E-state index is 13.3. The number of nitrogens with one attached hydrogen (secondary N) is 1. The third kappa shape index (κ3) is 6.06. The lowest BCUT2D eigenvalue weighted by molar-refractivity contribution is 0.0695. The predicted molar refractivity (Wildman–Crippen MR) is 90.7 cm³/mol. The fourth-order valence-corrected chi connectivity index (χ4v) is 2.05. The number of carboxylic acid groups (broad SMARTS) is 1. The van der Waals surface area contributed by atoms with Gasteiger partial charge in [-0.3, -0.25) is 4.90 Å². The highest BCUT2D eigenvalue weighted by Crippen LogP contribution is 2.23. The van der Waals surface area contributed by atoms with E-state index in [1.807, 2.05) is 0 Å². The Labute approximate surface area is 142 Å².